The van der Waals surface area contributed by atoms with Gasteiger partial charge >= 0.3 is 0 Å². The van der Waals surface area contributed by atoms with Crippen molar-refractivity contribution in [3.8, 4) is 0 Å². The highest BCUT2D eigenvalue weighted by molar-refractivity contribution is 5.88. The van der Waals surface area contributed by atoms with E-state index in [0.717, 1.165) is 32.7 Å². The molecule has 0 unspecified atom stereocenters. The average Bonchev–Trinajstić information content (AvgIpc) is 2.48. The van der Waals surface area contributed by atoms with Crippen molar-refractivity contribution in [1.29, 1.82) is 0 Å². The maximum Gasteiger partial charge on any atom is 0.0591 e. The molecule has 21 heavy (non-hydrogen) atoms. The SMILES string of the molecule is Cc1ccc(CCOCCNCC(C)C)c2ccccc12. The summed E-state index contributed by atoms with van der Waals surface area (Å²) in [7, 11) is 0. The molecule has 0 saturated heterocycles. The van der Waals surface area contributed by atoms with E-state index in [1.54, 1.807) is 0 Å². The highest BCUT2D eigenvalue weighted by atomic mass is 16.5. The zero-order valence-corrected chi connectivity index (χ0v) is 13.5. The molecule has 2 nitrogen and oxygen atoms in total. The van der Waals surface area contributed by atoms with Crippen LogP contribution in [0.3, 0.4) is 0 Å². The van der Waals surface area contributed by atoms with Crippen LogP contribution in [0.15, 0.2) is 36.4 Å². The normalized spacial score (nSPS) is 11.4. The van der Waals surface area contributed by atoms with Gasteiger partial charge in [0.1, 0.15) is 0 Å². The average molecular weight is 285 g/mol. The van der Waals surface area contributed by atoms with Crippen LogP contribution in [0, 0.1) is 12.8 Å². The van der Waals surface area contributed by atoms with Gasteiger partial charge in [0.2, 0.25) is 0 Å². The van der Waals surface area contributed by atoms with E-state index >= 15 is 0 Å². The van der Waals surface area contributed by atoms with Gasteiger partial charge in [-0.25, -0.2) is 0 Å². The molecule has 0 heterocycles. The first kappa shape index (κ1) is 16.0. The van der Waals surface area contributed by atoms with Crippen molar-refractivity contribution in [2.45, 2.75) is 27.2 Å². The molecule has 0 spiro atoms. The van der Waals surface area contributed by atoms with Gasteiger partial charge in [-0.1, -0.05) is 50.2 Å². The predicted molar refractivity (Wildman–Crippen MR) is 90.9 cm³/mol. The summed E-state index contributed by atoms with van der Waals surface area (Å²) in [5.74, 6) is 0.698. The summed E-state index contributed by atoms with van der Waals surface area (Å²) < 4.78 is 5.74. The fourth-order valence-electron chi connectivity index (χ4n) is 2.55. The number of hydrogen-bond acceptors (Lipinski definition) is 2. The molecule has 2 aromatic carbocycles. The lowest BCUT2D eigenvalue weighted by Gasteiger charge is -2.10. The molecule has 0 amide bonds. The molecular weight excluding hydrogens is 258 g/mol. The first-order valence-corrected chi connectivity index (χ1v) is 7.94. The molecule has 0 aliphatic rings. The second kappa shape index (κ2) is 8.16. The van der Waals surface area contributed by atoms with Crippen LogP contribution in [0.4, 0.5) is 0 Å². The van der Waals surface area contributed by atoms with Crippen molar-refractivity contribution < 1.29 is 4.74 Å². The van der Waals surface area contributed by atoms with Crippen LogP contribution in [-0.4, -0.2) is 26.3 Å². The molecule has 0 atom stereocenters. The van der Waals surface area contributed by atoms with Gasteiger partial charge in [0.25, 0.3) is 0 Å². The molecule has 0 aliphatic heterocycles. The van der Waals surface area contributed by atoms with Crippen molar-refractivity contribution in [3.63, 3.8) is 0 Å². The van der Waals surface area contributed by atoms with E-state index in [1.807, 2.05) is 0 Å². The van der Waals surface area contributed by atoms with Crippen molar-refractivity contribution in [2.75, 3.05) is 26.3 Å². The minimum Gasteiger partial charge on any atom is -0.380 e. The Balaban J connectivity index is 1.80. The Morgan fingerprint density at radius 2 is 1.76 bits per heavy atom. The second-order valence-electron chi connectivity index (χ2n) is 6.05. The molecular formula is C19H27NO. The fraction of sp³-hybridized carbons (Fsp3) is 0.474. The second-order valence-corrected chi connectivity index (χ2v) is 6.05. The van der Waals surface area contributed by atoms with Gasteiger partial charge < -0.3 is 10.1 Å². The molecule has 0 bridgehead atoms. The molecule has 2 heteroatoms. The minimum absolute atomic E-state index is 0.698. The van der Waals surface area contributed by atoms with Gasteiger partial charge in [0, 0.05) is 6.54 Å². The van der Waals surface area contributed by atoms with E-state index in [2.05, 4.69) is 62.5 Å². The number of nitrogens with one attached hydrogen (secondary N) is 1. The Hall–Kier alpha value is -1.38. The summed E-state index contributed by atoms with van der Waals surface area (Å²) in [5, 5.41) is 6.11. The zero-order valence-electron chi connectivity index (χ0n) is 13.5. The lowest BCUT2D eigenvalue weighted by atomic mass is 9.99. The van der Waals surface area contributed by atoms with Crippen LogP contribution in [0.2, 0.25) is 0 Å². The van der Waals surface area contributed by atoms with Crippen LogP contribution in [0.1, 0.15) is 25.0 Å². The van der Waals surface area contributed by atoms with Crippen molar-refractivity contribution in [3.05, 3.63) is 47.5 Å². The molecule has 0 radical (unpaired) electrons. The summed E-state index contributed by atoms with van der Waals surface area (Å²) in [4.78, 5) is 0. The van der Waals surface area contributed by atoms with Gasteiger partial charge in [-0.2, -0.15) is 0 Å². The standard InChI is InChI=1S/C19H27NO/c1-15(2)14-20-11-13-21-12-10-17-9-8-16(3)18-6-4-5-7-19(17)18/h4-9,15,20H,10-14H2,1-3H3. The lowest BCUT2D eigenvalue weighted by molar-refractivity contribution is 0.138. The molecule has 2 rings (SSSR count). The summed E-state index contributed by atoms with van der Waals surface area (Å²) in [6.45, 7) is 10.2. The number of benzene rings is 2. The van der Waals surface area contributed by atoms with Gasteiger partial charge in [-0.15, -0.1) is 0 Å². The van der Waals surface area contributed by atoms with Crippen LogP contribution >= 0.6 is 0 Å². The predicted octanol–water partition coefficient (Wildman–Crippen LogP) is 3.95. The molecule has 0 aliphatic carbocycles. The fourth-order valence-corrected chi connectivity index (χ4v) is 2.55. The van der Waals surface area contributed by atoms with Gasteiger partial charge in [-0.05, 0) is 47.7 Å². The van der Waals surface area contributed by atoms with Crippen LogP contribution < -0.4 is 5.32 Å². The number of rotatable bonds is 8. The van der Waals surface area contributed by atoms with E-state index in [0.29, 0.717) is 5.92 Å². The maximum atomic E-state index is 5.74. The smallest absolute Gasteiger partial charge is 0.0591 e. The van der Waals surface area contributed by atoms with Crippen LogP contribution in [0.5, 0.6) is 0 Å². The third-order valence-corrected chi connectivity index (χ3v) is 3.72. The van der Waals surface area contributed by atoms with Gasteiger partial charge in [-0.3, -0.25) is 0 Å². The topological polar surface area (TPSA) is 21.3 Å². The largest absolute Gasteiger partial charge is 0.380 e. The van der Waals surface area contributed by atoms with Crippen molar-refractivity contribution in [2.24, 2.45) is 5.92 Å². The first-order valence-electron chi connectivity index (χ1n) is 7.94. The number of ether oxygens (including phenoxy) is 1. The summed E-state index contributed by atoms with van der Waals surface area (Å²) in [6, 6.07) is 13.1. The molecule has 0 saturated carbocycles. The Kier molecular flexibility index (Phi) is 6.21. The molecule has 0 aromatic heterocycles. The van der Waals surface area contributed by atoms with Crippen molar-refractivity contribution in [1.82, 2.24) is 5.32 Å². The van der Waals surface area contributed by atoms with Crippen LogP contribution in [-0.2, 0) is 11.2 Å². The van der Waals surface area contributed by atoms with Gasteiger partial charge in [0.05, 0.1) is 13.2 Å². The van der Waals surface area contributed by atoms with Crippen molar-refractivity contribution >= 4 is 10.8 Å². The van der Waals surface area contributed by atoms with E-state index in [1.165, 1.54) is 21.9 Å². The molecule has 0 fully saturated rings. The highest BCUT2D eigenvalue weighted by Crippen LogP contribution is 2.22. The first-order chi connectivity index (χ1) is 10.2. The Bertz CT molecular complexity index is 562. The molecule has 114 valence electrons. The molecule has 1 N–H and O–H groups in total. The summed E-state index contributed by atoms with van der Waals surface area (Å²) in [5.41, 5.74) is 2.72. The number of aryl methyl sites for hydroxylation is 1. The minimum atomic E-state index is 0.698. The number of hydrogen-bond donors (Lipinski definition) is 1. The monoisotopic (exact) mass is 285 g/mol. The molecule has 2 aromatic rings. The van der Waals surface area contributed by atoms with Gasteiger partial charge in [0.15, 0.2) is 0 Å². The highest BCUT2D eigenvalue weighted by Gasteiger charge is 2.03. The Morgan fingerprint density at radius 3 is 2.52 bits per heavy atom. The van der Waals surface area contributed by atoms with Crippen LogP contribution in [0.25, 0.3) is 10.8 Å². The lowest BCUT2D eigenvalue weighted by Crippen LogP contribution is -2.24. The number of fused-ring (bicyclic) bond motifs is 1. The zero-order chi connectivity index (χ0) is 15.1. The third-order valence-electron chi connectivity index (χ3n) is 3.72. The summed E-state index contributed by atoms with van der Waals surface area (Å²) >= 11 is 0. The van der Waals surface area contributed by atoms with E-state index in [4.69, 9.17) is 4.74 Å². The summed E-state index contributed by atoms with van der Waals surface area (Å²) in [6.07, 6.45) is 0.977. The van der Waals surface area contributed by atoms with E-state index < -0.39 is 0 Å². The maximum absolute atomic E-state index is 5.74. The van der Waals surface area contributed by atoms with E-state index in [9.17, 15) is 0 Å². The Morgan fingerprint density at radius 1 is 1.00 bits per heavy atom. The third kappa shape index (κ3) is 4.83. The quantitative estimate of drug-likeness (QED) is 0.741. The Labute approximate surface area is 128 Å². The van der Waals surface area contributed by atoms with E-state index in [-0.39, 0.29) is 0 Å².